The van der Waals surface area contributed by atoms with Gasteiger partial charge in [-0.2, -0.15) is 0 Å². The molecule has 0 saturated heterocycles. The van der Waals surface area contributed by atoms with Crippen LogP contribution in [-0.2, 0) is 4.74 Å². The van der Waals surface area contributed by atoms with E-state index in [9.17, 15) is 4.79 Å². The van der Waals surface area contributed by atoms with Gasteiger partial charge in [-0.15, -0.1) is 0 Å². The molecule has 3 N–H and O–H groups in total. The summed E-state index contributed by atoms with van der Waals surface area (Å²) >= 11 is 0. The first kappa shape index (κ1) is 9.06. The van der Waals surface area contributed by atoms with Crippen LogP contribution in [0.5, 0.6) is 0 Å². The Balaban J connectivity index is 2.13. The highest BCUT2D eigenvalue weighted by molar-refractivity contribution is 5.67. The Labute approximate surface area is 71.8 Å². The maximum atomic E-state index is 10.9. The van der Waals surface area contributed by atoms with Gasteiger partial charge in [-0.3, -0.25) is 0 Å². The van der Waals surface area contributed by atoms with Crippen LogP contribution in [-0.4, -0.2) is 24.8 Å². The summed E-state index contributed by atoms with van der Waals surface area (Å²) in [6.45, 7) is 3.68. The number of nitrogens with two attached hydrogens (primary N) is 1. The third-order valence-corrected chi connectivity index (χ3v) is 1.96. The number of carbonyl (C=O) groups is 1. The molecule has 12 heavy (non-hydrogen) atoms. The maximum absolute atomic E-state index is 10.9. The van der Waals surface area contributed by atoms with E-state index in [4.69, 9.17) is 10.5 Å². The van der Waals surface area contributed by atoms with E-state index in [1.54, 1.807) is 0 Å². The first-order chi connectivity index (χ1) is 5.74. The van der Waals surface area contributed by atoms with Crippen LogP contribution < -0.4 is 11.1 Å². The Bertz CT molecular complexity index is 182. The van der Waals surface area contributed by atoms with Crippen LogP contribution in [0.4, 0.5) is 4.79 Å². The van der Waals surface area contributed by atoms with Crippen molar-refractivity contribution >= 4 is 6.09 Å². The van der Waals surface area contributed by atoms with Gasteiger partial charge in [0.1, 0.15) is 6.61 Å². The van der Waals surface area contributed by atoms with Gasteiger partial charge in [0, 0.05) is 12.1 Å². The van der Waals surface area contributed by atoms with Gasteiger partial charge < -0.3 is 15.8 Å². The molecule has 0 bridgehead atoms. The molecule has 0 aromatic carbocycles. The molecule has 4 heteroatoms. The Morgan fingerprint density at radius 2 is 2.50 bits per heavy atom. The lowest BCUT2D eigenvalue weighted by Crippen LogP contribution is -2.54. The second-order valence-electron chi connectivity index (χ2n) is 2.88. The van der Waals surface area contributed by atoms with E-state index >= 15 is 0 Å². The summed E-state index contributed by atoms with van der Waals surface area (Å²) in [6, 6.07) is 0.198. The molecule has 0 aromatic rings. The van der Waals surface area contributed by atoms with E-state index in [1.807, 2.05) is 0 Å². The second kappa shape index (κ2) is 4.11. The van der Waals surface area contributed by atoms with E-state index in [1.165, 1.54) is 6.08 Å². The molecule has 68 valence electrons. The summed E-state index contributed by atoms with van der Waals surface area (Å²) in [5.41, 5.74) is 5.61. The van der Waals surface area contributed by atoms with Crippen LogP contribution >= 0.6 is 0 Å². The number of carbonyl (C=O) groups excluding carboxylic acids is 1. The normalized spacial score (nSPS) is 27.1. The lowest BCUT2D eigenvalue weighted by atomic mass is 9.87. The van der Waals surface area contributed by atoms with Crippen molar-refractivity contribution in [1.82, 2.24) is 5.32 Å². The van der Waals surface area contributed by atoms with Crippen molar-refractivity contribution in [3.63, 3.8) is 0 Å². The second-order valence-corrected chi connectivity index (χ2v) is 2.88. The maximum Gasteiger partial charge on any atom is 0.407 e. The molecular weight excluding hydrogens is 156 g/mol. The minimum absolute atomic E-state index is 0.0984. The summed E-state index contributed by atoms with van der Waals surface area (Å²) in [7, 11) is 0. The lowest BCUT2D eigenvalue weighted by molar-refractivity contribution is 0.144. The van der Waals surface area contributed by atoms with Gasteiger partial charge in [-0.25, -0.2) is 4.79 Å². The molecule has 1 amide bonds. The quantitative estimate of drug-likeness (QED) is 0.602. The van der Waals surface area contributed by atoms with Crippen LogP contribution in [0.1, 0.15) is 12.8 Å². The topological polar surface area (TPSA) is 64.3 Å². The number of hydrogen-bond donors (Lipinski definition) is 2. The number of ether oxygens (including phenoxy) is 1. The van der Waals surface area contributed by atoms with Crippen molar-refractivity contribution in [1.29, 1.82) is 0 Å². The minimum Gasteiger partial charge on any atom is -0.445 e. The Hall–Kier alpha value is -1.03. The number of nitrogens with one attached hydrogen (secondary N) is 1. The smallest absolute Gasteiger partial charge is 0.407 e. The van der Waals surface area contributed by atoms with Gasteiger partial charge >= 0.3 is 6.09 Å². The Morgan fingerprint density at radius 1 is 1.75 bits per heavy atom. The van der Waals surface area contributed by atoms with Crippen molar-refractivity contribution in [3.05, 3.63) is 12.7 Å². The third-order valence-electron chi connectivity index (χ3n) is 1.96. The molecular formula is C8H14N2O2. The zero-order chi connectivity index (χ0) is 8.97. The first-order valence-electron chi connectivity index (χ1n) is 4.04. The predicted molar refractivity (Wildman–Crippen MR) is 45.7 cm³/mol. The SMILES string of the molecule is C=CCOC(=O)N[C@H]1CC[C@@H]1N. The molecule has 4 nitrogen and oxygen atoms in total. The van der Waals surface area contributed by atoms with Crippen molar-refractivity contribution < 1.29 is 9.53 Å². The van der Waals surface area contributed by atoms with Crippen LogP contribution in [0.2, 0.25) is 0 Å². The fourth-order valence-corrected chi connectivity index (χ4v) is 1.03. The van der Waals surface area contributed by atoms with Crippen LogP contribution in [0.15, 0.2) is 12.7 Å². The Kier molecular flexibility index (Phi) is 3.10. The number of rotatable bonds is 3. The summed E-state index contributed by atoms with van der Waals surface area (Å²) in [5, 5.41) is 2.67. The largest absolute Gasteiger partial charge is 0.445 e. The van der Waals surface area contributed by atoms with E-state index in [0.29, 0.717) is 0 Å². The Morgan fingerprint density at radius 3 is 2.92 bits per heavy atom. The monoisotopic (exact) mass is 170 g/mol. The highest BCUT2D eigenvalue weighted by Crippen LogP contribution is 2.17. The van der Waals surface area contributed by atoms with Gasteiger partial charge in [0.2, 0.25) is 0 Å². The van der Waals surface area contributed by atoms with E-state index in [0.717, 1.165) is 12.8 Å². The molecule has 1 rings (SSSR count). The zero-order valence-electron chi connectivity index (χ0n) is 6.95. The highest BCUT2D eigenvalue weighted by atomic mass is 16.5. The molecule has 0 radical (unpaired) electrons. The molecule has 0 aliphatic heterocycles. The van der Waals surface area contributed by atoms with Gasteiger partial charge in [0.05, 0.1) is 0 Å². The molecule has 0 unspecified atom stereocenters. The fourth-order valence-electron chi connectivity index (χ4n) is 1.03. The van der Waals surface area contributed by atoms with Crippen molar-refractivity contribution in [3.8, 4) is 0 Å². The van der Waals surface area contributed by atoms with Crippen molar-refractivity contribution in [2.75, 3.05) is 6.61 Å². The van der Waals surface area contributed by atoms with Gasteiger partial charge in [-0.05, 0) is 12.8 Å². The standard InChI is InChI=1S/C8H14N2O2/c1-2-5-12-8(11)10-7-4-3-6(7)9/h2,6-7H,1,3-5,9H2,(H,10,11)/t6-,7-/m0/s1. The average Bonchev–Trinajstić information content (AvgIpc) is 2.08. The lowest BCUT2D eigenvalue weighted by Gasteiger charge is -2.33. The number of hydrogen-bond acceptors (Lipinski definition) is 3. The highest BCUT2D eigenvalue weighted by Gasteiger charge is 2.28. The first-order valence-corrected chi connectivity index (χ1v) is 4.04. The van der Waals surface area contributed by atoms with E-state index in [2.05, 4.69) is 11.9 Å². The summed E-state index contributed by atoms with van der Waals surface area (Å²) in [5.74, 6) is 0. The molecule has 1 fully saturated rings. The van der Waals surface area contributed by atoms with Gasteiger partial charge in [0.25, 0.3) is 0 Å². The molecule has 0 spiro atoms. The number of alkyl carbamates (subject to hydrolysis) is 1. The molecule has 1 aliphatic carbocycles. The molecule has 1 saturated carbocycles. The van der Waals surface area contributed by atoms with Gasteiger partial charge in [0.15, 0.2) is 0 Å². The van der Waals surface area contributed by atoms with Gasteiger partial charge in [-0.1, -0.05) is 12.7 Å². The van der Waals surface area contributed by atoms with E-state index < -0.39 is 6.09 Å². The third kappa shape index (κ3) is 2.23. The summed E-state index contributed by atoms with van der Waals surface area (Å²) in [4.78, 5) is 10.9. The minimum atomic E-state index is -0.407. The molecule has 0 aromatic heterocycles. The number of amides is 1. The summed E-state index contributed by atoms with van der Waals surface area (Å²) < 4.78 is 4.72. The predicted octanol–water partition coefficient (Wildman–Crippen LogP) is 0.388. The fraction of sp³-hybridized carbons (Fsp3) is 0.625. The summed E-state index contributed by atoms with van der Waals surface area (Å²) in [6.07, 6.45) is 3.05. The van der Waals surface area contributed by atoms with Crippen molar-refractivity contribution in [2.24, 2.45) is 5.73 Å². The zero-order valence-corrected chi connectivity index (χ0v) is 6.95. The molecule has 1 aliphatic rings. The van der Waals surface area contributed by atoms with Crippen LogP contribution in [0.3, 0.4) is 0 Å². The van der Waals surface area contributed by atoms with Crippen LogP contribution in [0, 0.1) is 0 Å². The molecule has 0 heterocycles. The molecule has 2 atom stereocenters. The van der Waals surface area contributed by atoms with Crippen molar-refractivity contribution in [2.45, 2.75) is 24.9 Å². The van der Waals surface area contributed by atoms with E-state index in [-0.39, 0.29) is 18.7 Å². The van der Waals surface area contributed by atoms with Crippen LogP contribution in [0.25, 0.3) is 0 Å². The average molecular weight is 170 g/mol.